The van der Waals surface area contributed by atoms with Crippen molar-refractivity contribution >= 4 is 16.8 Å². The fourth-order valence-corrected chi connectivity index (χ4v) is 4.19. The molecule has 1 fully saturated rings. The van der Waals surface area contributed by atoms with Crippen molar-refractivity contribution in [3.05, 3.63) is 46.2 Å². The van der Waals surface area contributed by atoms with Gasteiger partial charge in [0, 0.05) is 29.2 Å². The molecule has 1 aliphatic carbocycles. The molecule has 0 radical (unpaired) electrons. The van der Waals surface area contributed by atoms with Crippen LogP contribution in [0, 0.1) is 6.92 Å². The molecule has 0 saturated heterocycles. The van der Waals surface area contributed by atoms with E-state index < -0.39 is 0 Å². The third-order valence-corrected chi connectivity index (χ3v) is 5.96. The van der Waals surface area contributed by atoms with Crippen LogP contribution < -0.4 is 10.7 Å². The number of para-hydroxylation sites is 1. The van der Waals surface area contributed by atoms with E-state index in [1.54, 1.807) is 6.07 Å². The number of amides is 1. The maximum Gasteiger partial charge on any atom is 0.240 e. The topological polar surface area (TPSA) is 54.3 Å². The molecule has 5 nitrogen and oxygen atoms in total. The van der Waals surface area contributed by atoms with Gasteiger partial charge in [-0.3, -0.25) is 14.5 Å². The van der Waals surface area contributed by atoms with Gasteiger partial charge in [0.05, 0.1) is 5.52 Å². The number of carbonyl (C=O) groups excluding carboxylic acids is 1. The molecule has 1 N–H and O–H groups in total. The molecule has 1 heterocycles. The summed E-state index contributed by atoms with van der Waals surface area (Å²) in [5.41, 5.74) is 1.72. The number of rotatable bonds is 6. The second-order valence-corrected chi connectivity index (χ2v) is 7.48. The fourth-order valence-electron chi connectivity index (χ4n) is 4.19. The SMILES string of the molecule is CCN(C)C1(CNC(=O)Cn2c(C)cc(=O)c3ccccc32)CCCC1. The van der Waals surface area contributed by atoms with Gasteiger partial charge in [-0.1, -0.05) is 31.9 Å². The smallest absolute Gasteiger partial charge is 0.240 e. The highest BCUT2D eigenvalue weighted by atomic mass is 16.2. The van der Waals surface area contributed by atoms with E-state index in [0.717, 1.165) is 30.6 Å². The Morgan fingerprint density at radius 2 is 1.96 bits per heavy atom. The lowest BCUT2D eigenvalue weighted by Gasteiger charge is -2.38. The van der Waals surface area contributed by atoms with Crippen LogP contribution >= 0.6 is 0 Å². The van der Waals surface area contributed by atoms with E-state index in [1.807, 2.05) is 35.8 Å². The summed E-state index contributed by atoms with van der Waals surface area (Å²) in [4.78, 5) is 27.2. The second kappa shape index (κ2) is 7.62. The third-order valence-electron chi connectivity index (χ3n) is 5.96. The zero-order valence-electron chi connectivity index (χ0n) is 16.0. The molecule has 26 heavy (non-hydrogen) atoms. The summed E-state index contributed by atoms with van der Waals surface area (Å²) in [5, 5.41) is 3.81. The number of fused-ring (bicyclic) bond motifs is 1. The van der Waals surface area contributed by atoms with Gasteiger partial charge in [-0.25, -0.2) is 0 Å². The summed E-state index contributed by atoms with van der Waals surface area (Å²) in [6.45, 7) is 5.95. The van der Waals surface area contributed by atoms with Gasteiger partial charge in [-0.05, 0) is 45.5 Å². The number of hydrogen-bond acceptors (Lipinski definition) is 3. The minimum absolute atomic E-state index is 0.00215. The van der Waals surface area contributed by atoms with Crippen LogP contribution in [0.1, 0.15) is 38.3 Å². The lowest BCUT2D eigenvalue weighted by Crippen LogP contribution is -2.52. The van der Waals surface area contributed by atoms with E-state index in [4.69, 9.17) is 0 Å². The first kappa shape index (κ1) is 18.6. The molecule has 0 bridgehead atoms. The Morgan fingerprint density at radius 3 is 2.65 bits per heavy atom. The predicted octanol–water partition coefficient (Wildman–Crippen LogP) is 2.69. The number of carbonyl (C=O) groups is 1. The highest BCUT2D eigenvalue weighted by Crippen LogP contribution is 2.33. The summed E-state index contributed by atoms with van der Waals surface area (Å²) in [7, 11) is 2.15. The minimum Gasteiger partial charge on any atom is -0.353 e. The maximum absolute atomic E-state index is 12.7. The summed E-state index contributed by atoms with van der Waals surface area (Å²) < 4.78 is 1.93. The molecule has 1 aromatic carbocycles. The molecule has 1 amide bonds. The zero-order valence-corrected chi connectivity index (χ0v) is 16.0. The average Bonchev–Trinajstić information content (AvgIpc) is 3.13. The van der Waals surface area contributed by atoms with Crippen molar-refractivity contribution in [3.63, 3.8) is 0 Å². The van der Waals surface area contributed by atoms with Gasteiger partial charge in [-0.2, -0.15) is 0 Å². The van der Waals surface area contributed by atoms with Gasteiger partial charge in [0.15, 0.2) is 5.43 Å². The fraction of sp³-hybridized carbons (Fsp3) is 0.524. The lowest BCUT2D eigenvalue weighted by atomic mass is 9.95. The van der Waals surface area contributed by atoms with Crippen molar-refractivity contribution < 1.29 is 4.79 Å². The van der Waals surface area contributed by atoms with Crippen molar-refractivity contribution in [1.82, 2.24) is 14.8 Å². The van der Waals surface area contributed by atoms with E-state index in [1.165, 1.54) is 12.8 Å². The van der Waals surface area contributed by atoms with Gasteiger partial charge in [0.2, 0.25) is 5.91 Å². The molecular weight excluding hydrogens is 326 g/mol. The van der Waals surface area contributed by atoms with Gasteiger partial charge >= 0.3 is 0 Å². The number of likely N-dealkylation sites (N-methyl/N-ethyl adjacent to an activating group) is 1. The molecule has 1 aliphatic rings. The van der Waals surface area contributed by atoms with E-state index >= 15 is 0 Å². The molecule has 0 atom stereocenters. The highest BCUT2D eigenvalue weighted by molar-refractivity contribution is 5.82. The second-order valence-electron chi connectivity index (χ2n) is 7.48. The number of benzene rings is 1. The number of nitrogens with zero attached hydrogens (tertiary/aromatic N) is 2. The van der Waals surface area contributed by atoms with E-state index in [0.29, 0.717) is 11.9 Å². The summed E-state index contributed by atoms with van der Waals surface area (Å²) in [5.74, 6) is -0.00215. The number of aryl methyl sites for hydroxylation is 1. The largest absolute Gasteiger partial charge is 0.353 e. The Labute approximate surface area is 155 Å². The molecule has 5 heteroatoms. The van der Waals surface area contributed by atoms with Gasteiger partial charge in [0.25, 0.3) is 0 Å². The molecule has 0 unspecified atom stereocenters. The molecule has 0 spiro atoms. The van der Waals surface area contributed by atoms with Crippen molar-refractivity contribution in [2.24, 2.45) is 0 Å². The molecule has 1 saturated carbocycles. The van der Waals surface area contributed by atoms with Gasteiger partial charge in [0.1, 0.15) is 6.54 Å². The monoisotopic (exact) mass is 355 g/mol. The van der Waals surface area contributed by atoms with Crippen molar-refractivity contribution in [2.75, 3.05) is 20.1 Å². The van der Waals surface area contributed by atoms with Gasteiger partial charge in [-0.15, -0.1) is 0 Å². The predicted molar refractivity (Wildman–Crippen MR) is 105 cm³/mol. The van der Waals surface area contributed by atoms with Crippen molar-refractivity contribution in [2.45, 2.75) is 51.6 Å². The number of hydrogen-bond donors (Lipinski definition) is 1. The molecule has 1 aromatic heterocycles. The summed E-state index contributed by atoms with van der Waals surface area (Å²) >= 11 is 0. The Hall–Kier alpha value is -2.14. The van der Waals surface area contributed by atoms with Crippen LogP contribution in [0.4, 0.5) is 0 Å². The molecule has 3 rings (SSSR count). The zero-order chi connectivity index (χ0) is 18.7. The first-order valence-electron chi connectivity index (χ1n) is 9.54. The lowest BCUT2D eigenvalue weighted by molar-refractivity contribution is -0.122. The van der Waals surface area contributed by atoms with E-state index in [-0.39, 0.29) is 23.4 Å². The average molecular weight is 355 g/mol. The molecular formula is C21H29N3O2. The third kappa shape index (κ3) is 3.54. The first-order valence-corrected chi connectivity index (χ1v) is 9.54. The number of aromatic nitrogens is 1. The van der Waals surface area contributed by atoms with Crippen LogP contribution in [0.15, 0.2) is 35.1 Å². The van der Waals surface area contributed by atoms with E-state index in [9.17, 15) is 9.59 Å². The Balaban J connectivity index is 1.77. The van der Waals surface area contributed by atoms with Crippen LogP contribution in [0.3, 0.4) is 0 Å². The van der Waals surface area contributed by atoms with Crippen molar-refractivity contribution in [3.8, 4) is 0 Å². The molecule has 0 aliphatic heterocycles. The minimum atomic E-state index is -0.00215. The Morgan fingerprint density at radius 1 is 1.27 bits per heavy atom. The quantitative estimate of drug-likeness (QED) is 0.867. The molecule has 140 valence electrons. The Bertz CT molecular complexity index is 850. The molecule has 2 aromatic rings. The van der Waals surface area contributed by atoms with E-state index in [2.05, 4.69) is 24.2 Å². The first-order chi connectivity index (χ1) is 12.5. The standard InChI is InChI=1S/C21H29N3O2/c1-4-23(3)21(11-7-8-12-21)15-22-20(26)14-24-16(2)13-19(25)17-9-5-6-10-18(17)24/h5-6,9-10,13H,4,7-8,11-12,14-15H2,1-3H3,(H,22,26). The van der Waals surface area contributed by atoms with Crippen LogP contribution in [-0.4, -0.2) is 41.1 Å². The summed E-state index contributed by atoms with van der Waals surface area (Å²) in [6, 6.07) is 9.09. The van der Waals surface area contributed by atoms with Crippen LogP contribution in [-0.2, 0) is 11.3 Å². The highest BCUT2D eigenvalue weighted by Gasteiger charge is 2.37. The van der Waals surface area contributed by atoms with Crippen LogP contribution in [0.5, 0.6) is 0 Å². The number of nitrogens with one attached hydrogen (secondary N) is 1. The Kier molecular flexibility index (Phi) is 5.47. The number of pyridine rings is 1. The van der Waals surface area contributed by atoms with Crippen LogP contribution in [0.2, 0.25) is 0 Å². The van der Waals surface area contributed by atoms with Crippen molar-refractivity contribution in [1.29, 1.82) is 0 Å². The van der Waals surface area contributed by atoms with Crippen LogP contribution in [0.25, 0.3) is 10.9 Å². The maximum atomic E-state index is 12.7. The normalized spacial score (nSPS) is 16.3. The summed E-state index contributed by atoms with van der Waals surface area (Å²) in [6.07, 6.45) is 4.72. The van der Waals surface area contributed by atoms with Gasteiger partial charge < -0.3 is 9.88 Å².